The molecule has 2 saturated heterocycles. The van der Waals surface area contributed by atoms with Crippen LogP contribution in [0.1, 0.15) is 5.56 Å². The molecule has 2 fully saturated rings. The monoisotopic (exact) mass is 470 g/mol. The molecule has 3 heterocycles. The maximum atomic E-state index is 12.7. The summed E-state index contributed by atoms with van der Waals surface area (Å²) in [4.78, 5) is 9.12. The fourth-order valence-electron chi connectivity index (χ4n) is 3.69. The van der Waals surface area contributed by atoms with E-state index in [0.717, 1.165) is 37.6 Å². The average molecular weight is 471 g/mol. The zero-order valence-corrected chi connectivity index (χ0v) is 18.8. The first kappa shape index (κ1) is 21.8. The number of piperazine rings is 1. The van der Waals surface area contributed by atoms with Gasteiger partial charge in [-0.05, 0) is 24.3 Å². The molecule has 0 saturated carbocycles. The molecule has 0 bridgehead atoms. The summed E-state index contributed by atoms with van der Waals surface area (Å²) in [6.07, 6.45) is 1.45. The second kappa shape index (κ2) is 9.38. The highest BCUT2D eigenvalue weighted by Crippen LogP contribution is 2.26. The lowest BCUT2D eigenvalue weighted by Gasteiger charge is -2.35. The minimum absolute atomic E-state index is 0.222. The van der Waals surface area contributed by atoms with Gasteiger partial charge in [-0.1, -0.05) is 29.3 Å². The van der Waals surface area contributed by atoms with Crippen LogP contribution in [-0.2, 0) is 21.3 Å². The second-order valence-corrected chi connectivity index (χ2v) is 10.1. The van der Waals surface area contributed by atoms with E-state index in [1.54, 1.807) is 12.1 Å². The number of aromatic nitrogens is 1. The molecule has 1 aromatic heterocycles. The molecule has 1 aromatic carbocycles. The molecule has 0 unspecified atom stereocenters. The minimum Gasteiger partial charge on any atom is -0.379 e. The summed E-state index contributed by atoms with van der Waals surface area (Å²) in [5.74, 6) is 0.784. The lowest BCUT2D eigenvalue weighted by Crippen LogP contribution is -2.46. The quantitative estimate of drug-likeness (QED) is 0.669. The lowest BCUT2D eigenvalue weighted by molar-refractivity contribution is 0.0730. The van der Waals surface area contributed by atoms with Crippen LogP contribution in [0.5, 0.6) is 0 Å². The fraction of sp³-hybridized carbons (Fsp3) is 0.450. The molecule has 2 aromatic rings. The number of morpholine rings is 1. The summed E-state index contributed by atoms with van der Waals surface area (Å²) in [5.41, 5.74) is 0.949. The van der Waals surface area contributed by atoms with Crippen molar-refractivity contribution in [3.05, 3.63) is 52.1 Å². The van der Waals surface area contributed by atoms with Crippen molar-refractivity contribution < 1.29 is 13.2 Å². The zero-order valence-electron chi connectivity index (χ0n) is 16.5. The number of ether oxygens (including phenoxy) is 1. The Morgan fingerprint density at radius 1 is 0.933 bits per heavy atom. The third kappa shape index (κ3) is 4.74. The van der Waals surface area contributed by atoms with E-state index in [1.807, 2.05) is 18.2 Å². The molecule has 30 heavy (non-hydrogen) atoms. The van der Waals surface area contributed by atoms with E-state index < -0.39 is 10.0 Å². The number of hydrogen-bond acceptors (Lipinski definition) is 6. The van der Waals surface area contributed by atoms with Gasteiger partial charge in [0.25, 0.3) is 0 Å². The van der Waals surface area contributed by atoms with E-state index in [2.05, 4.69) is 14.8 Å². The molecule has 0 aliphatic carbocycles. The first-order valence-corrected chi connectivity index (χ1v) is 12.1. The molecule has 2 aliphatic heterocycles. The van der Waals surface area contributed by atoms with E-state index >= 15 is 0 Å². The minimum atomic E-state index is -3.52. The predicted molar refractivity (Wildman–Crippen MR) is 118 cm³/mol. The van der Waals surface area contributed by atoms with Crippen LogP contribution < -0.4 is 4.90 Å². The summed E-state index contributed by atoms with van der Waals surface area (Å²) >= 11 is 12.6. The van der Waals surface area contributed by atoms with Crippen molar-refractivity contribution in [1.29, 1.82) is 0 Å². The van der Waals surface area contributed by atoms with Gasteiger partial charge in [0.2, 0.25) is 10.0 Å². The van der Waals surface area contributed by atoms with Crippen LogP contribution in [0.15, 0.2) is 41.4 Å². The van der Waals surface area contributed by atoms with E-state index in [-0.39, 0.29) is 4.90 Å². The van der Waals surface area contributed by atoms with Gasteiger partial charge >= 0.3 is 0 Å². The summed E-state index contributed by atoms with van der Waals surface area (Å²) < 4.78 is 32.2. The molecule has 0 amide bonds. The van der Waals surface area contributed by atoms with Crippen LogP contribution in [0.3, 0.4) is 0 Å². The summed E-state index contributed by atoms with van der Waals surface area (Å²) in [6, 6.07) is 8.99. The van der Waals surface area contributed by atoms with Crippen molar-refractivity contribution in [3.63, 3.8) is 0 Å². The van der Waals surface area contributed by atoms with Crippen molar-refractivity contribution in [2.24, 2.45) is 0 Å². The second-order valence-electron chi connectivity index (χ2n) is 7.33. The summed E-state index contributed by atoms with van der Waals surface area (Å²) in [7, 11) is -3.52. The van der Waals surface area contributed by atoms with Gasteiger partial charge in [0.05, 0.1) is 13.2 Å². The van der Waals surface area contributed by atoms with Crippen LogP contribution in [0, 0.1) is 0 Å². The Labute approximate surface area is 187 Å². The van der Waals surface area contributed by atoms with Crippen molar-refractivity contribution in [1.82, 2.24) is 14.2 Å². The molecular formula is C20H24Cl2N4O3S. The van der Waals surface area contributed by atoms with Crippen LogP contribution in [-0.4, -0.2) is 75.1 Å². The normalized spacial score (nSPS) is 19.2. The Balaban J connectivity index is 1.37. The van der Waals surface area contributed by atoms with Crippen molar-refractivity contribution in [3.8, 4) is 0 Å². The first-order valence-electron chi connectivity index (χ1n) is 9.89. The van der Waals surface area contributed by atoms with Crippen LogP contribution >= 0.6 is 23.2 Å². The molecule has 0 spiro atoms. The van der Waals surface area contributed by atoms with Gasteiger partial charge in [-0.25, -0.2) is 13.4 Å². The van der Waals surface area contributed by atoms with Gasteiger partial charge in [0, 0.05) is 67.6 Å². The molecule has 2 aliphatic rings. The Morgan fingerprint density at radius 3 is 2.20 bits per heavy atom. The highest BCUT2D eigenvalue weighted by atomic mass is 35.5. The predicted octanol–water partition coefficient (Wildman–Crippen LogP) is 2.73. The van der Waals surface area contributed by atoms with Crippen molar-refractivity contribution >= 4 is 39.0 Å². The van der Waals surface area contributed by atoms with Gasteiger partial charge in [-0.15, -0.1) is 0 Å². The number of benzene rings is 1. The Hall–Kier alpha value is -1.42. The molecule has 162 valence electrons. The first-order chi connectivity index (χ1) is 14.4. The van der Waals surface area contributed by atoms with Crippen LogP contribution in [0.25, 0.3) is 0 Å². The van der Waals surface area contributed by atoms with E-state index in [4.69, 9.17) is 27.9 Å². The highest BCUT2D eigenvalue weighted by Gasteiger charge is 2.27. The Bertz CT molecular complexity index is 954. The SMILES string of the molecule is O=S(=O)(c1ccc(N2CCN(Cc3c(Cl)cccc3Cl)CC2)nc1)N1CCOCC1. The average Bonchev–Trinajstić information content (AvgIpc) is 2.77. The molecule has 0 N–H and O–H groups in total. The number of pyridine rings is 1. The lowest BCUT2D eigenvalue weighted by atomic mass is 10.2. The number of rotatable bonds is 5. The smallest absolute Gasteiger partial charge is 0.244 e. The molecule has 0 radical (unpaired) electrons. The van der Waals surface area contributed by atoms with Crippen LogP contribution in [0.4, 0.5) is 5.82 Å². The number of sulfonamides is 1. The van der Waals surface area contributed by atoms with E-state index in [9.17, 15) is 8.42 Å². The zero-order chi connectivity index (χ0) is 21.1. The number of hydrogen-bond donors (Lipinski definition) is 0. The highest BCUT2D eigenvalue weighted by molar-refractivity contribution is 7.89. The fourth-order valence-corrected chi connectivity index (χ4v) is 5.56. The topological polar surface area (TPSA) is 66.0 Å². The Morgan fingerprint density at radius 2 is 1.60 bits per heavy atom. The maximum absolute atomic E-state index is 12.7. The molecule has 0 atom stereocenters. The van der Waals surface area contributed by atoms with E-state index in [0.29, 0.717) is 42.9 Å². The summed E-state index contributed by atoms with van der Waals surface area (Å²) in [5, 5.41) is 1.37. The molecule has 4 rings (SSSR count). The van der Waals surface area contributed by atoms with Crippen molar-refractivity contribution in [2.45, 2.75) is 11.4 Å². The maximum Gasteiger partial charge on any atom is 0.244 e. The van der Waals surface area contributed by atoms with Gasteiger partial charge in [-0.3, -0.25) is 4.90 Å². The van der Waals surface area contributed by atoms with Crippen molar-refractivity contribution in [2.75, 3.05) is 57.4 Å². The third-order valence-corrected chi connectivity index (χ3v) is 8.06. The molecule has 10 heteroatoms. The Kier molecular flexibility index (Phi) is 6.81. The van der Waals surface area contributed by atoms with Gasteiger partial charge in [-0.2, -0.15) is 4.31 Å². The third-order valence-electron chi connectivity index (χ3n) is 5.47. The van der Waals surface area contributed by atoms with Gasteiger partial charge in [0.15, 0.2) is 0 Å². The van der Waals surface area contributed by atoms with Gasteiger partial charge in [0.1, 0.15) is 10.7 Å². The number of nitrogens with zero attached hydrogens (tertiary/aromatic N) is 4. The van der Waals surface area contributed by atoms with E-state index in [1.165, 1.54) is 10.5 Å². The van der Waals surface area contributed by atoms with Gasteiger partial charge < -0.3 is 9.64 Å². The summed E-state index contributed by atoms with van der Waals surface area (Å²) in [6.45, 7) is 5.59. The standard InChI is InChI=1S/C20H24Cl2N4O3S/c21-18-2-1-3-19(22)17(18)15-24-6-8-25(9-7-24)20-5-4-16(14-23-20)30(27,28)26-10-12-29-13-11-26/h1-5,14H,6-13,15H2. The molecule has 7 nitrogen and oxygen atoms in total. The largest absolute Gasteiger partial charge is 0.379 e. The molecular weight excluding hydrogens is 447 g/mol. The number of halogens is 2. The van der Waals surface area contributed by atoms with Crippen LogP contribution in [0.2, 0.25) is 10.0 Å². The number of anilines is 1.